The molecule has 0 amide bonds. The minimum atomic E-state index is -0.589. The predicted octanol–water partition coefficient (Wildman–Crippen LogP) is 1.26. The highest BCUT2D eigenvalue weighted by Crippen LogP contribution is 2.35. The molecule has 0 aromatic heterocycles. The molecule has 1 aliphatic carbocycles. The summed E-state index contributed by atoms with van der Waals surface area (Å²) in [6.07, 6.45) is 0.130. The summed E-state index contributed by atoms with van der Waals surface area (Å²) in [5, 5.41) is 10.2. The Morgan fingerprint density at radius 1 is 1.50 bits per heavy atom. The van der Waals surface area contributed by atoms with Crippen LogP contribution in [0.15, 0.2) is 18.2 Å². The zero-order valence-corrected chi connectivity index (χ0v) is 7.25. The van der Waals surface area contributed by atoms with Gasteiger partial charge in [0, 0.05) is 16.6 Å². The number of aliphatic hydroxyl groups is 1. The van der Waals surface area contributed by atoms with E-state index in [1.54, 1.807) is 6.07 Å². The largest absolute Gasteiger partial charge is 0.387 e. The van der Waals surface area contributed by atoms with E-state index in [0.29, 0.717) is 5.02 Å². The number of rotatable bonds is 0. The van der Waals surface area contributed by atoms with Crippen molar-refractivity contribution in [2.24, 2.45) is 5.73 Å². The van der Waals surface area contributed by atoms with Crippen molar-refractivity contribution in [1.82, 2.24) is 0 Å². The second-order valence-electron chi connectivity index (χ2n) is 3.13. The van der Waals surface area contributed by atoms with E-state index in [1.165, 1.54) is 0 Å². The van der Waals surface area contributed by atoms with Crippen molar-refractivity contribution in [1.29, 1.82) is 0 Å². The number of benzene rings is 1. The molecular weight excluding hydrogens is 174 g/mol. The molecule has 0 saturated heterocycles. The normalized spacial score (nSPS) is 27.2. The van der Waals surface area contributed by atoms with Gasteiger partial charge in [-0.2, -0.15) is 0 Å². The third kappa shape index (κ3) is 1.04. The first-order valence-electron chi connectivity index (χ1n) is 3.91. The Kier molecular flexibility index (Phi) is 1.83. The third-order valence-corrected chi connectivity index (χ3v) is 2.63. The molecule has 0 bridgehead atoms. The number of halogens is 1. The average Bonchev–Trinajstić information content (AvgIpc) is 2.29. The lowest BCUT2D eigenvalue weighted by Crippen LogP contribution is -2.24. The lowest BCUT2D eigenvalue weighted by molar-refractivity contribution is 0.159. The number of nitrogens with two attached hydrogens (primary N) is 1. The van der Waals surface area contributed by atoms with Crippen molar-refractivity contribution < 1.29 is 5.11 Å². The monoisotopic (exact) mass is 183 g/mol. The Labute approximate surface area is 76.0 Å². The van der Waals surface area contributed by atoms with Crippen LogP contribution in [0.2, 0.25) is 5.02 Å². The van der Waals surface area contributed by atoms with Gasteiger partial charge in [0.05, 0.1) is 6.10 Å². The van der Waals surface area contributed by atoms with Crippen LogP contribution in [0, 0.1) is 0 Å². The molecule has 0 radical (unpaired) electrons. The lowest BCUT2D eigenvalue weighted by atomic mass is 10.1. The van der Waals surface area contributed by atoms with Crippen LogP contribution in [0.3, 0.4) is 0 Å². The number of fused-ring (bicyclic) bond motifs is 1. The molecule has 3 heteroatoms. The Morgan fingerprint density at radius 3 is 2.92 bits per heavy atom. The smallest absolute Gasteiger partial charge is 0.0961 e. The first-order chi connectivity index (χ1) is 5.70. The van der Waals surface area contributed by atoms with E-state index in [-0.39, 0.29) is 6.04 Å². The highest BCUT2D eigenvalue weighted by atomic mass is 35.5. The van der Waals surface area contributed by atoms with E-state index in [9.17, 15) is 5.11 Å². The van der Waals surface area contributed by atoms with Crippen LogP contribution in [0.1, 0.15) is 17.2 Å². The van der Waals surface area contributed by atoms with Crippen LogP contribution < -0.4 is 5.73 Å². The molecule has 1 aromatic carbocycles. The van der Waals surface area contributed by atoms with Gasteiger partial charge in [-0.3, -0.25) is 0 Å². The molecule has 0 aliphatic heterocycles. The Morgan fingerprint density at radius 2 is 2.25 bits per heavy atom. The van der Waals surface area contributed by atoms with E-state index >= 15 is 0 Å². The van der Waals surface area contributed by atoms with Crippen LogP contribution in [0.5, 0.6) is 0 Å². The van der Waals surface area contributed by atoms with Gasteiger partial charge < -0.3 is 10.8 Å². The molecule has 1 aliphatic rings. The third-order valence-electron chi connectivity index (χ3n) is 2.30. The fourth-order valence-electron chi connectivity index (χ4n) is 1.67. The second kappa shape index (κ2) is 2.73. The van der Waals surface area contributed by atoms with Gasteiger partial charge in [0.25, 0.3) is 0 Å². The molecule has 0 heterocycles. The SMILES string of the molecule is N[C@H]1Cc2cccc(Cl)c2[C@@H]1O. The van der Waals surface area contributed by atoms with Gasteiger partial charge in [0.15, 0.2) is 0 Å². The molecule has 0 fully saturated rings. The summed E-state index contributed by atoms with van der Waals surface area (Å²) in [5.74, 6) is 0. The van der Waals surface area contributed by atoms with Crippen molar-refractivity contribution in [3.05, 3.63) is 34.3 Å². The molecule has 1 aromatic rings. The van der Waals surface area contributed by atoms with Crippen LogP contribution in [-0.2, 0) is 6.42 Å². The molecule has 2 rings (SSSR count). The first kappa shape index (κ1) is 8.05. The molecule has 12 heavy (non-hydrogen) atoms. The predicted molar refractivity (Wildman–Crippen MR) is 48.1 cm³/mol. The molecule has 0 saturated carbocycles. The lowest BCUT2D eigenvalue weighted by Gasteiger charge is -2.09. The van der Waals surface area contributed by atoms with Crippen LogP contribution >= 0.6 is 11.6 Å². The second-order valence-corrected chi connectivity index (χ2v) is 3.53. The van der Waals surface area contributed by atoms with E-state index in [1.807, 2.05) is 12.1 Å². The molecule has 64 valence electrons. The fraction of sp³-hybridized carbons (Fsp3) is 0.333. The maximum atomic E-state index is 9.62. The zero-order valence-electron chi connectivity index (χ0n) is 6.50. The standard InChI is InChI=1S/C9H10ClNO/c10-6-3-1-2-5-4-7(11)9(12)8(5)6/h1-3,7,9,12H,4,11H2/t7-,9+/m0/s1. The Bertz CT molecular complexity index is 313. The number of hydrogen-bond donors (Lipinski definition) is 2. The van der Waals surface area contributed by atoms with Crippen LogP contribution in [0.4, 0.5) is 0 Å². The fourth-order valence-corrected chi connectivity index (χ4v) is 1.98. The van der Waals surface area contributed by atoms with Crippen molar-refractivity contribution in [2.75, 3.05) is 0 Å². The maximum absolute atomic E-state index is 9.62. The Balaban J connectivity index is 2.55. The van der Waals surface area contributed by atoms with Gasteiger partial charge in [-0.05, 0) is 18.1 Å². The number of aliphatic hydroxyl groups excluding tert-OH is 1. The summed E-state index contributed by atoms with van der Waals surface area (Å²) in [5.41, 5.74) is 7.57. The quantitative estimate of drug-likeness (QED) is 0.636. The first-order valence-corrected chi connectivity index (χ1v) is 4.29. The molecule has 0 spiro atoms. The van der Waals surface area contributed by atoms with Crippen molar-refractivity contribution in [3.8, 4) is 0 Å². The number of hydrogen-bond acceptors (Lipinski definition) is 2. The molecule has 2 nitrogen and oxygen atoms in total. The van der Waals surface area contributed by atoms with E-state index in [4.69, 9.17) is 17.3 Å². The molecule has 3 N–H and O–H groups in total. The minimum absolute atomic E-state index is 0.195. The van der Waals surface area contributed by atoms with Gasteiger partial charge >= 0.3 is 0 Å². The summed E-state index contributed by atoms with van der Waals surface area (Å²) in [6, 6.07) is 5.42. The van der Waals surface area contributed by atoms with E-state index in [2.05, 4.69) is 0 Å². The molecule has 0 unspecified atom stereocenters. The zero-order chi connectivity index (χ0) is 8.72. The highest BCUT2D eigenvalue weighted by molar-refractivity contribution is 6.31. The van der Waals surface area contributed by atoms with E-state index < -0.39 is 6.10 Å². The maximum Gasteiger partial charge on any atom is 0.0961 e. The van der Waals surface area contributed by atoms with Crippen LogP contribution in [-0.4, -0.2) is 11.1 Å². The van der Waals surface area contributed by atoms with Gasteiger partial charge in [0.1, 0.15) is 0 Å². The minimum Gasteiger partial charge on any atom is -0.387 e. The average molecular weight is 184 g/mol. The molecule has 2 atom stereocenters. The summed E-state index contributed by atoms with van der Waals surface area (Å²) in [4.78, 5) is 0. The topological polar surface area (TPSA) is 46.2 Å². The van der Waals surface area contributed by atoms with Crippen molar-refractivity contribution in [2.45, 2.75) is 18.6 Å². The summed E-state index contributed by atoms with van der Waals surface area (Å²) in [7, 11) is 0. The summed E-state index contributed by atoms with van der Waals surface area (Å²) < 4.78 is 0. The highest BCUT2D eigenvalue weighted by Gasteiger charge is 2.29. The van der Waals surface area contributed by atoms with Gasteiger partial charge in [0.2, 0.25) is 0 Å². The van der Waals surface area contributed by atoms with Gasteiger partial charge in [-0.25, -0.2) is 0 Å². The van der Waals surface area contributed by atoms with E-state index in [0.717, 1.165) is 17.5 Å². The van der Waals surface area contributed by atoms with Gasteiger partial charge in [-0.15, -0.1) is 0 Å². The van der Waals surface area contributed by atoms with Crippen molar-refractivity contribution >= 4 is 11.6 Å². The summed E-state index contributed by atoms with van der Waals surface area (Å²) in [6.45, 7) is 0. The van der Waals surface area contributed by atoms with Crippen LogP contribution in [0.25, 0.3) is 0 Å². The van der Waals surface area contributed by atoms with Gasteiger partial charge in [-0.1, -0.05) is 23.7 Å². The molecular formula is C9H10ClNO. The van der Waals surface area contributed by atoms with Crippen molar-refractivity contribution in [3.63, 3.8) is 0 Å². The summed E-state index contributed by atoms with van der Waals surface area (Å²) >= 11 is 5.91. The Hall–Kier alpha value is -0.570.